The predicted octanol–water partition coefficient (Wildman–Crippen LogP) is 7.34. The van der Waals surface area contributed by atoms with Crippen molar-refractivity contribution in [2.24, 2.45) is 11.8 Å². The fourth-order valence-corrected chi connectivity index (χ4v) is 3.55. The average molecular weight is 465 g/mol. The lowest BCUT2D eigenvalue weighted by molar-refractivity contribution is -0.0229. The molecule has 0 heterocycles. The first-order valence-electron chi connectivity index (χ1n) is 12.7. The molecule has 6 nitrogen and oxygen atoms in total. The van der Waals surface area contributed by atoms with E-state index in [0.29, 0.717) is 31.5 Å². The van der Waals surface area contributed by atoms with E-state index in [1.54, 1.807) is 0 Å². The predicted molar refractivity (Wildman–Crippen MR) is 130 cm³/mol. The summed E-state index contributed by atoms with van der Waals surface area (Å²) in [4.78, 5) is 24.4. The largest absolute Gasteiger partial charge is 0.508 e. The van der Waals surface area contributed by atoms with E-state index in [1.165, 1.54) is 0 Å². The van der Waals surface area contributed by atoms with Crippen molar-refractivity contribution in [2.45, 2.75) is 91.6 Å². The Morgan fingerprint density at radius 1 is 0.727 bits per heavy atom. The second kappa shape index (κ2) is 18.2. The molecule has 1 aromatic carbocycles. The molecule has 0 saturated heterocycles. The van der Waals surface area contributed by atoms with Gasteiger partial charge in [-0.25, -0.2) is 9.59 Å². The molecule has 1 aromatic rings. The molecule has 0 fully saturated rings. The zero-order valence-corrected chi connectivity index (χ0v) is 21.1. The van der Waals surface area contributed by atoms with Gasteiger partial charge in [0.05, 0.1) is 13.2 Å². The lowest BCUT2D eigenvalue weighted by Gasteiger charge is -2.20. The lowest BCUT2D eigenvalue weighted by atomic mass is 10.0. The Labute approximate surface area is 200 Å². The summed E-state index contributed by atoms with van der Waals surface area (Å²) in [5.41, 5.74) is 0.979. The topological polar surface area (TPSA) is 71.1 Å². The first-order valence-corrected chi connectivity index (χ1v) is 12.7. The van der Waals surface area contributed by atoms with Gasteiger partial charge in [-0.1, -0.05) is 96.6 Å². The summed E-state index contributed by atoms with van der Waals surface area (Å²) in [5, 5.41) is 0. The Balaban J connectivity index is 2.56. The summed E-state index contributed by atoms with van der Waals surface area (Å²) in [6.07, 6.45) is 6.74. The van der Waals surface area contributed by atoms with E-state index in [2.05, 4.69) is 27.7 Å². The van der Waals surface area contributed by atoms with E-state index in [1.807, 2.05) is 30.3 Å². The maximum absolute atomic E-state index is 12.3. The highest BCUT2D eigenvalue weighted by Gasteiger charge is 2.21. The summed E-state index contributed by atoms with van der Waals surface area (Å²) in [6.45, 7) is 9.08. The number of rotatable bonds is 17. The molecule has 0 saturated carbocycles. The number of unbranched alkanes of at least 4 members (excludes halogenated alkanes) is 2. The Kier molecular flexibility index (Phi) is 15.9. The maximum atomic E-state index is 12.3. The van der Waals surface area contributed by atoms with E-state index >= 15 is 0 Å². The molecule has 188 valence electrons. The number of carbonyl (C=O) groups is 2. The van der Waals surface area contributed by atoms with E-state index in [-0.39, 0.29) is 6.61 Å². The standard InChI is InChI=1S/C27H44O6/c1-5-9-14-22(7-3)19-30-26(28)32-21-25(18-24-16-12-11-13-17-24)33-27(29)31-20-23(8-4)15-10-6-2/h11-13,16-17,22-23,25H,5-10,14-15,18-21H2,1-4H3. The molecule has 0 aliphatic carbocycles. The van der Waals surface area contributed by atoms with E-state index < -0.39 is 18.4 Å². The summed E-state index contributed by atoms with van der Waals surface area (Å²) in [7, 11) is 0. The highest BCUT2D eigenvalue weighted by atomic mass is 16.8. The molecule has 6 heteroatoms. The molecule has 0 aromatic heterocycles. The summed E-state index contributed by atoms with van der Waals surface area (Å²) >= 11 is 0. The van der Waals surface area contributed by atoms with Gasteiger partial charge in [-0.2, -0.15) is 0 Å². The zero-order valence-electron chi connectivity index (χ0n) is 21.1. The minimum absolute atomic E-state index is 0.0817. The third-order valence-electron chi connectivity index (χ3n) is 5.92. The molecule has 0 radical (unpaired) electrons. The minimum Gasteiger partial charge on any atom is -0.434 e. The van der Waals surface area contributed by atoms with Crippen LogP contribution in [0.15, 0.2) is 30.3 Å². The summed E-state index contributed by atoms with van der Waals surface area (Å²) in [5.74, 6) is 0.665. The summed E-state index contributed by atoms with van der Waals surface area (Å²) in [6, 6.07) is 9.64. The fourth-order valence-electron chi connectivity index (χ4n) is 3.55. The van der Waals surface area contributed by atoms with Crippen LogP contribution in [0.5, 0.6) is 0 Å². The van der Waals surface area contributed by atoms with E-state index in [4.69, 9.17) is 18.9 Å². The van der Waals surface area contributed by atoms with Crippen LogP contribution in [0.2, 0.25) is 0 Å². The van der Waals surface area contributed by atoms with Crippen molar-refractivity contribution in [3.63, 3.8) is 0 Å². The molecule has 0 aliphatic rings. The zero-order chi connectivity index (χ0) is 24.3. The van der Waals surface area contributed by atoms with Crippen molar-refractivity contribution < 1.29 is 28.5 Å². The molecule has 1 rings (SSSR count). The van der Waals surface area contributed by atoms with Gasteiger partial charge in [-0.15, -0.1) is 0 Å². The Hall–Kier alpha value is -2.24. The van der Waals surface area contributed by atoms with Crippen LogP contribution in [-0.2, 0) is 25.4 Å². The molecular formula is C27H44O6. The number of hydrogen-bond acceptors (Lipinski definition) is 6. The van der Waals surface area contributed by atoms with Crippen molar-refractivity contribution in [2.75, 3.05) is 19.8 Å². The van der Waals surface area contributed by atoms with Gasteiger partial charge in [-0.05, 0) is 30.2 Å². The minimum atomic E-state index is -0.731. The maximum Gasteiger partial charge on any atom is 0.508 e. The smallest absolute Gasteiger partial charge is 0.434 e. The highest BCUT2D eigenvalue weighted by Crippen LogP contribution is 2.15. The van der Waals surface area contributed by atoms with Crippen molar-refractivity contribution in [1.82, 2.24) is 0 Å². The molecule has 0 N–H and O–H groups in total. The molecular weight excluding hydrogens is 420 g/mol. The van der Waals surface area contributed by atoms with Crippen molar-refractivity contribution in [3.8, 4) is 0 Å². The Morgan fingerprint density at radius 2 is 1.24 bits per heavy atom. The first-order chi connectivity index (χ1) is 16.0. The quantitative estimate of drug-likeness (QED) is 0.225. The van der Waals surface area contributed by atoms with Crippen molar-refractivity contribution >= 4 is 12.3 Å². The van der Waals surface area contributed by atoms with Gasteiger partial charge in [0.25, 0.3) is 0 Å². The lowest BCUT2D eigenvalue weighted by Crippen LogP contribution is -2.29. The van der Waals surface area contributed by atoms with Crippen molar-refractivity contribution in [1.29, 1.82) is 0 Å². The van der Waals surface area contributed by atoms with E-state index in [0.717, 1.165) is 56.9 Å². The van der Waals surface area contributed by atoms with Crippen LogP contribution >= 0.6 is 0 Å². The van der Waals surface area contributed by atoms with Gasteiger partial charge in [0.2, 0.25) is 0 Å². The molecule has 0 bridgehead atoms. The highest BCUT2D eigenvalue weighted by molar-refractivity contribution is 5.61. The Morgan fingerprint density at radius 3 is 1.76 bits per heavy atom. The number of carbonyl (C=O) groups excluding carboxylic acids is 2. The summed E-state index contributed by atoms with van der Waals surface area (Å²) < 4.78 is 21.5. The van der Waals surface area contributed by atoms with Gasteiger partial charge in [0.1, 0.15) is 12.7 Å². The van der Waals surface area contributed by atoms with Crippen molar-refractivity contribution in [3.05, 3.63) is 35.9 Å². The van der Waals surface area contributed by atoms with Crippen LogP contribution in [0.3, 0.4) is 0 Å². The molecule has 0 spiro atoms. The number of benzene rings is 1. The van der Waals surface area contributed by atoms with Crippen LogP contribution in [0, 0.1) is 11.8 Å². The molecule has 33 heavy (non-hydrogen) atoms. The van der Waals surface area contributed by atoms with Gasteiger partial charge >= 0.3 is 12.3 Å². The number of hydrogen-bond donors (Lipinski definition) is 0. The van der Waals surface area contributed by atoms with E-state index in [9.17, 15) is 9.59 Å². The second-order valence-corrected chi connectivity index (χ2v) is 8.70. The Bertz CT molecular complexity index is 633. The normalized spacial score (nSPS) is 13.6. The average Bonchev–Trinajstić information content (AvgIpc) is 2.83. The first kappa shape index (κ1) is 28.8. The van der Waals surface area contributed by atoms with Crippen LogP contribution < -0.4 is 0 Å². The van der Waals surface area contributed by atoms with Gasteiger partial charge in [0.15, 0.2) is 0 Å². The van der Waals surface area contributed by atoms with Crippen LogP contribution in [0.1, 0.15) is 84.6 Å². The third kappa shape index (κ3) is 13.8. The molecule has 3 atom stereocenters. The number of ether oxygens (including phenoxy) is 4. The molecule has 0 amide bonds. The van der Waals surface area contributed by atoms with Gasteiger partial charge in [-0.3, -0.25) is 0 Å². The molecule has 0 aliphatic heterocycles. The van der Waals surface area contributed by atoms with Crippen LogP contribution in [0.25, 0.3) is 0 Å². The van der Waals surface area contributed by atoms with Gasteiger partial charge < -0.3 is 18.9 Å². The fraction of sp³-hybridized carbons (Fsp3) is 0.704. The monoisotopic (exact) mass is 464 g/mol. The third-order valence-corrected chi connectivity index (χ3v) is 5.92. The van der Waals surface area contributed by atoms with Crippen LogP contribution in [0.4, 0.5) is 9.59 Å². The second-order valence-electron chi connectivity index (χ2n) is 8.70. The van der Waals surface area contributed by atoms with Gasteiger partial charge in [0, 0.05) is 6.42 Å². The van der Waals surface area contributed by atoms with Crippen LogP contribution in [-0.4, -0.2) is 38.2 Å². The SMILES string of the molecule is CCCCC(CC)COC(=O)OCC(Cc1ccccc1)OC(=O)OCC(CC)CCCC. The molecule has 3 unspecified atom stereocenters.